The fourth-order valence-electron chi connectivity index (χ4n) is 4.38. The zero-order chi connectivity index (χ0) is 20.5. The van der Waals surface area contributed by atoms with Gasteiger partial charge in [-0.15, -0.1) is 0 Å². The second-order valence-corrected chi connectivity index (χ2v) is 8.79. The maximum atomic E-state index is 13.4. The van der Waals surface area contributed by atoms with Crippen molar-refractivity contribution in [3.63, 3.8) is 0 Å². The van der Waals surface area contributed by atoms with E-state index < -0.39 is 0 Å². The van der Waals surface area contributed by atoms with Crippen molar-refractivity contribution in [2.24, 2.45) is 5.92 Å². The van der Waals surface area contributed by atoms with Crippen LogP contribution in [0.15, 0.2) is 47.3 Å². The molecule has 2 heterocycles. The summed E-state index contributed by atoms with van der Waals surface area (Å²) in [6.07, 6.45) is 2.35. The molecule has 4 nitrogen and oxygen atoms in total. The topological polar surface area (TPSA) is 38.1 Å². The fraction of sp³-hybridized carbons (Fsp3) is 0.417. The second kappa shape index (κ2) is 8.29. The van der Waals surface area contributed by atoms with Crippen LogP contribution in [0, 0.1) is 12.8 Å². The third-order valence-corrected chi connectivity index (χ3v) is 6.38. The van der Waals surface area contributed by atoms with Gasteiger partial charge < -0.3 is 4.90 Å². The number of piperidine rings is 1. The van der Waals surface area contributed by atoms with E-state index in [1.165, 1.54) is 6.42 Å². The van der Waals surface area contributed by atoms with Crippen LogP contribution in [0.25, 0.3) is 22.0 Å². The number of benzene rings is 2. The van der Waals surface area contributed by atoms with E-state index in [4.69, 9.17) is 16.6 Å². The third-order valence-electron chi connectivity index (χ3n) is 6.05. The van der Waals surface area contributed by atoms with Crippen LogP contribution in [0.3, 0.4) is 0 Å². The zero-order valence-corrected chi connectivity index (χ0v) is 18.1. The summed E-state index contributed by atoms with van der Waals surface area (Å²) in [7, 11) is 0. The number of nitrogens with zero attached hydrogens (tertiary/aromatic N) is 3. The predicted molar refractivity (Wildman–Crippen MR) is 121 cm³/mol. The van der Waals surface area contributed by atoms with Crippen molar-refractivity contribution < 1.29 is 0 Å². The van der Waals surface area contributed by atoms with Crippen LogP contribution in [0.2, 0.25) is 5.02 Å². The van der Waals surface area contributed by atoms with Crippen LogP contribution >= 0.6 is 11.6 Å². The van der Waals surface area contributed by atoms with Gasteiger partial charge in [0.15, 0.2) is 0 Å². The van der Waals surface area contributed by atoms with Crippen molar-refractivity contribution in [3.8, 4) is 11.1 Å². The van der Waals surface area contributed by atoms with Crippen molar-refractivity contribution >= 4 is 22.5 Å². The molecule has 0 saturated carbocycles. The third kappa shape index (κ3) is 4.10. The Hall–Kier alpha value is -2.17. The number of hydrogen-bond acceptors (Lipinski definition) is 3. The summed E-state index contributed by atoms with van der Waals surface area (Å²) in [6.45, 7) is 9.35. The molecule has 0 bridgehead atoms. The molecule has 0 aliphatic carbocycles. The Balaban J connectivity index is 1.71. The number of aromatic nitrogens is 2. The predicted octanol–water partition coefficient (Wildman–Crippen LogP) is 5.15. The first kappa shape index (κ1) is 20.1. The lowest BCUT2D eigenvalue weighted by molar-refractivity contribution is 0.129. The highest BCUT2D eigenvalue weighted by molar-refractivity contribution is 6.33. The Labute approximate surface area is 177 Å². The van der Waals surface area contributed by atoms with E-state index in [-0.39, 0.29) is 5.56 Å². The summed E-state index contributed by atoms with van der Waals surface area (Å²) in [5.41, 5.74) is 2.67. The number of aryl methyl sites for hydroxylation is 1. The van der Waals surface area contributed by atoms with E-state index in [9.17, 15) is 4.79 Å². The van der Waals surface area contributed by atoms with E-state index in [2.05, 4.69) is 18.7 Å². The molecule has 0 unspecified atom stereocenters. The largest absolute Gasteiger partial charge is 0.301 e. The summed E-state index contributed by atoms with van der Waals surface area (Å²) in [6, 6.07) is 14.1. The van der Waals surface area contributed by atoms with Crippen LogP contribution in [-0.2, 0) is 6.54 Å². The van der Waals surface area contributed by atoms with Gasteiger partial charge in [-0.2, -0.15) is 0 Å². The summed E-state index contributed by atoms with van der Waals surface area (Å²) in [5, 5.41) is 1.34. The first-order valence-corrected chi connectivity index (χ1v) is 10.8. The average molecular weight is 410 g/mol. The van der Waals surface area contributed by atoms with Gasteiger partial charge in [-0.3, -0.25) is 9.36 Å². The number of likely N-dealkylation sites (tertiary alicyclic amines) is 1. The minimum atomic E-state index is 0.0445. The molecule has 1 aliphatic heterocycles. The molecule has 1 aromatic heterocycles. The molecule has 0 amide bonds. The van der Waals surface area contributed by atoms with Crippen molar-refractivity contribution in [2.45, 2.75) is 46.2 Å². The summed E-state index contributed by atoms with van der Waals surface area (Å²) in [5.74, 6) is 1.27. The van der Waals surface area contributed by atoms with Crippen LogP contribution in [0.4, 0.5) is 0 Å². The highest BCUT2D eigenvalue weighted by Crippen LogP contribution is 2.29. The second-order valence-electron chi connectivity index (χ2n) is 8.38. The maximum absolute atomic E-state index is 13.4. The molecule has 4 rings (SSSR count). The molecule has 0 radical (unpaired) electrons. The van der Waals surface area contributed by atoms with Gasteiger partial charge in [0.1, 0.15) is 5.82 Å². The van der Waals surface area contributed by atoms with Gasteiger partial charge in [0.05, 0.1) is 10.9 Å². The van der Waals surface area contributed by atoms with Gasteiger partial charge >= 0.3 is 0 Å². The van der Waals surface area contributed by atoms with Gasteiger partial charge in [-0.1, -0.05) is 35.9 Å². The van der Waals surface area contributed by atoms with Crippen molar-refractivity contribution in [3.05, 3.63) is 63.7 Å². The lowest BCUT2D eigenvalue weighted by Gasteiger charge is -2.35. The lowest BCUT2D eigenvalue weighted by Crippen LogP contribution is -2.42. The maximum Gasteiger partial charge on any atom is 0.261 e. The Morgan fingerprint density at radius 2 is 2.00 bits per heavy atom. The van der Waals surface area contributed by atoms with Crippen LogP contribution in [0.1, 0.15) is 32.5 Å². The molecular weight excluding hydrogens is 382 g/mol. The molecule has 1 aliphatic rings. The van der Waals surface area contributed by atoms with Gasteiger partial charge in [0, 0.05) is 29.7 Å². The Bertz CT molecular complexity index is 1090. The monoisotopic (exact) mass is 409 g/mol. The smallest absolute Gasteiger partial charge is 0.261 e. The van der Waals surface area contributed by atoms with Gasteiger partial charge in [-0.05, 0) is 69.8 Å². The van der Waals surface area contributed by atoms with E-state index in [0.717, 1.165) is 48.5 Å². The lowest BCUT2D eigenvalue weighted by atomic mass is 9.96. The Morgan fingerprint density at radius 1 is 1.21 bits per heavy atom. The molecule has 152 valence electrons. The molecule has 1 saturated heterocycles. The first-order chi connectivity index (χ1) is 13.9. The Morgan fingerprint density at radius 3 is 2.76 bits per heavy atom. The van der Waals surface area contributed by atoms with Gasteiger partial charge in [-0.25, -0.2) is 4.98 Å². The van der Waals surface area contributed by atoms with Crippen LogP contribution in [-0.4, -0.2) is 33.6 Å². The summed E-state index contributed by atoms with van der Waals surface area (Å²) < 4.78 is 1.87. The first-order valence-electron chi connectivity index (χ1n) is 10.4. The molecular formula is C24H28ClN3O. The minimum absolute atomic E-state index is 0.0445. The molecule has 1 fully saturated rings. The van der Waals surface area contributed by atoms with Crippen molar-refractivity contribution in [1.29, 1.82) is 0 Å². The van der Waals surface area contributed by atoms with Crippen LogP contribution in [0.5, 0.6) is 0 Å². The fourth-order valence-corrected chi connectivity index (χ4v) is 4.63. The zero-order valence-electron chi connectivity index (χ0n) is 17.4. The van der Waals surface area contributed by atoms with Crippen LogP contribution < -0.4 is 5.56 Å². The van der Waals surface area contributed by atoms with E-state index in [1.54, 1.807) is 0 Å². The molecule has 0 spiro atoms. The number of rotatable bonds is 4. The molecule has 1 atom stereocenters. The summed E-state index contributed by atoms with van der Waals surface area (Å²) >= 11 is 6.37. The van der Waals surface area contributed by atoms with E-state index in [1.807, 2.05) is 54.0 Å². The van der Waals surface area contributed by atoms with E-state index in [0.29, 0.717) is 22.4 Å². The SMILES string of the molecule is Cc1nc2ccc(-c3ccccc3Cl)cc2c(=O)n1C[C@H]1CCCN(C(C)C)C1. The molecule has 0 N–H and O–H groups in total. The number of hydrogen-bond donors (Lipinski definition) is 0. The van der Waals surface area contributed by atoms with Gasteiger partial charge in [0.25, 0.3) is 5.56 Å². The molecule has 3 aromatic rings. The molecule has 5 heteroatoms. The number of fused-ring (bicyclic) bond motifs is 1. The molecule has 29 heavy (non-hydrogen) atoms. The molecule has 2 aromatic carbocycles. The minimum Gasteiger partial charge on any atom is -0.301 e. The Kier molecular flexibility index (Phi) is 5.75. The standard InChI is InChI=1S/C24H28ClN3O/c1-16(2)27-12-6-7-18(14-27)15-28-17(3)26-23-11-10-19(13-21(23)24(28)29)20-8-4-5-9-22(20)25/h4-5,8-11,13,16,18H,6-7,12,14-15H2,1-3H3/t18-/m0/s1. The quantitative estimate of drug-likeness (QED) is 0.598. The van der Waals surface area contributed by atoms with Crippen molar-refractivity contribution in [2.75, 3.05) is 13.1 Å². The normalized spacial score (nSPS) is 17.9. The average Bonchev–Trinajstić information content (AvgIpc) is 2.71. The van der Waals surface area contributed by atoms with E-state index >= 15 is 0 Å². The highest BCUT2D eigenvalue weighted by Gasteiger charge is 2.23. The highest BCUT2D eigenvalue weighted by atomic mass is 35.5. The van der Waals surface area contributed by atoms with Gasteiger partial charge in [0.2, 0.25) is 0 Å². The van der Waals surface area contributed by atoms with Crippen molar-refractivity contribution in [1.82, 2.24) is 14.5 Å². The number of halogens is 1. The summed E-state index contributed by atoms with van der Waals surface area (Å²) in [4.78, 5) is 20.6.